The number of ether oxygens (including phenoxy) is 1. The van der Waals surface area contributed by atoms with Crippen molar-refractivity contribution in [3.63, 3.8) is 0 Å². The molecule has 0 aliphatic carbocycles. The third-order valence-corrected chi connectivity index (χ3v) is 3.34. The zero-order valence-corrected chi connectivity index (χ0v) is 12.5. The lowest BCUT2D eigenvalue weighted by Crippen LogP contribution is -2.32. The largest absolute Gasteiger partial charge is 0.481 e. The van der Waals surface area contributed by atoms with E-state index >= 15 is 0 Å². The Morgan fingerprint density at radius 3 is 2.38 bits per heavy atom. The second-order valence-electron chi connectivity index (χ2n) is 4.83. The second kappa shape index (κ2) is 7.48. The molecule has 3 nitrogen and oxygen atoms in total. The quantitative estimate of drug-likeness (QED) is 0.868. The molecule has 2 aromatic carbocycles. The number of nitrogens with one attached hydrogen (secondary N) is 1. The molecule has 0 saturated carbocycles. The van der Waals surface area contributed by atoms with Crippen molar-refractivity contribution in [2.45, 2.75) is 32.8 Å². The smallest absolute Gasteiger partial charge is 0.265 e. The van der Waals surface area contributed by atoms with Gasteiger partial charge >= 0.3 is 0 Å². The summed E-state index contributed by atoms with van der Waals surface area (Å²) in [5.41, 5.74) is 1.99. The first-order valence-electron chi connectivity index (χ1n) is 7.35. The van der Waals surface area contributed by atoms with Crippen molar-refractivity contribution in [1.29, 1.82) is 0 Å². The van der Waals surface area contributed by atoms with E-state index in [0.29, 0.717) is 12.2 Å². The van der Waals surface area contributed by atoms with E-state index in [2.05, 4.69) is 12.2 Å². The average Bonchev–Trinajstić information content (AvgIpc) is 2.54. The highest BCUT2D eigenvalue weighted by Gasteiger charge is 2.19. The molecule has 0 spiro atoms. The van der Waals surface area contributed by atoms with Gasteiger partial charge in [0.05, 0.1) is 0 Å². The summed E-state index contributed by atoms with van der Waals surface area (Å²) in [6, 6.07) is 17.3. The van der Waals surface area contributed by atoms with E-state index in [-0.39, 0.29) is 5.91 Å². The predicted octanol–water partition coefficient (Wildman–Crippen LogP) is 4.05. The van der Waals surface area contributed by atoms with Gasteiger partial charge in [-0.2, -0.15) is 0 Å². The molecule has 0 aliphatic rings. The zero-order chi connectivity index (χ0) is 15.1. The monoisotopic (exact) mass is 283 g/mol. The van der Waals surface area contributed by atoms with Crippen LogP contribution in [0.25, 0.3) is 0 Å². The van der Waals surface area contributed by atoms with Gasteiger partial charge in [0, 0.05) is 5.69 Å². The summed E-state index contributed by atoms with van der Waals surface area (Å²) in [5, 5.41) is 2.97. The highest BCUT2D eigenvalue weighted by molar-refractivity contribution is 5.95. The average molecular weight is 283 g/mol. The van der Waals surface area contributed by atoms with Crippen molar-refractivity contribution in [2.24, 2.45) is 0 Å². The van der Waals surface area contributed by atoms with E-state index in [4.69, 9.17) is 4.74 Å². The summed E-state index contributed by atoms with van der Waals surface area (Å²) in [6.07, 6.45) is 1.01. The van der Waals surface area contributed by atoms with Crippen LogP contribution in [0.15, 0.2) is 54.6 Å². The molecule has 1 unspecified atom stereocenters. The molecule has 2 rings (SSSR count). The molecule has 3 heteroatoms. The number of para-hydroxylation sites is 2. The summed E-state index contributed by atoms with van der Waals surface area (Å²) >= 11 is 0. The zero-order valence-electron chi connectivity index (χ0n) is 12.5. The number of benzene rings is 2. The number of hydrogen-bond donors (Lipinski definition) is 1. The van der Waals surface area contributed by atoms with Crippen molar-refractivity contribution in [3.8, 4) is 5.75 Å². The van der Waals surface area contributed by atoms with Gasteiger partial charge in [0.25, 0.3) is 5.91 Å². The Morgan fingerprint density at radius 1 is 1.05 bits per heavy atom. The minimum atomic E-state index is -0.489. The molecular weight excluding hydrogens is 262 g/mol. The number of carbonyl (C=O) groups excluding carboxylic acids is 1. The summed E-state index contributed by atoms with van der Waals surface area (Å²) in [4.78, 5) is 12.4. The van der Waals surface area contributed by atoms with Crippen LogP contribution >= 0.6 is 0 Å². The molecule has 0 fully saturated rings. The Morgan fingerprint density at radius 2 is 1.71 bits per heavy atom. The van der Waals surface area contributed by atoms with Crippen LogP contribution in [0.5, 0.6) is 5.75 Å². The van der Waals surface area contributed by atoms with Gasteiger partial charge in [0.1, 0.15) is 5.75 Å². The van der Waals surface area contributed by atoms with Crippen molar-refractivity contribution >= 4 is 11.6 Å². The van der Waals surface area contributed by atoms with Gasteiger partial charge < -0.3 is 10.1 Å². The lowest BCUT2D eigenvalue weighted by atomic mass is 10.1. The maximum Gasteiger partial charge on any atom is 0.265 e. The number of aryl methyl sites for hydroxylation is 1. The molecule has 110 valence electrons. The first kappa shape index (κ1) is 15.1. The Bertz CT molecular complexity index is 581. The molecule has 0 bridgehead atoms. The van der Waals surface area contributed by atoms with E-state index in [1.54, 1.807) is 0 Å². The molecule has 0 radical (unpaired) electrons. The van der Waals surface area contributed by atoms with Crippen LogP contribution in [0.4, 0.5) is 5.69 Å². The summed E-state index contributed by atoms with van der Waals surface area (Å²) in [7, 11) is 0. The normalized spacial score (nSPS) is 11.7. The van der Waals surface area contributed by atoms with Crippen LogP contribution < -0.4 is 10.1 Å². The van der Waals surface area contributed by atoms with Crippen LogP contribution in [-0.4, -0.2) is 12.0 Å². The third-order valence-electron chi connectivity index (χ3n) is 3.34. The van der Waals surface area contributed by atoms with Gasteiger partial charge in [-0.1, -0.05) is 50.2 Å². The van der Waals surface area contributed by atoms with Crippen LogP contribution in [0.2, 0.25) is 0 Å². The maximum atomic E-state index is 12.4. The molecule has 1 atom stereocenters. The Kier molecular flexibility index (Phi) is 5.38. The summed E-state index contributed by atoms with van der Waals surface area (Å²) in [5.74, 6) is 0.602. The predicted molar refractivity (Wildman–Crippen MR) is 85.6 cm³/mol. The molecule has 1 N–H and O–H groups in total. The van der Waals surface area contributed by atoms with Gasteiger partial charge in [-0.05, 0) is 36.6 Å². The Balaban J connectivity index is 2.06. The van der Waals surface area contributed by atoms with E-state index in [1.165, 1.54) is 0 Å². The van der Waals surface area contributed by atoms with E-state index in [0.717, 1.165) is 17.7 Å². The Hall–Kier alpha value is -2.29. The van der Waals surface area contributed by atoms with Gasteiger partial charge in [-0.25, -0.2) is 0 Å². The van der Waals surface area contributed by atoms with Gasteiger partial charge in [-0.15, -0.1) is 0 Å². The molecule has 0 saturated heterocycles. The number of carbonyl (C=O) groups is 1. The molecule has 0 heterocycles. The fourth-order valence-electron chi connectivity index (χ4n) is 2.15. The number of anilines is 1. The molecule has 1 amide bonds. The molecular formula is C18H21NO2. The van der Waals surface area contributed by atoms with Crippen LogP contribution in [0.1, 0.15) is 25.8 Å². The molecule has 0 aromatic heterocycles. The first-order chi connectivity index (χ1) is 10.2. The van der Waals surface area contributed by atoms with Crippen LogP contribution in [0, 0.1) is 0 Å². The van der Waals surface area contributed by atoms with Crippen molar-refractivity contribution < 1.29 is 9.53 Å². The minimum Gasteiger partial charge on any atom is -0.481 e. The summed E-state index contributed by atoms with van der Waals surface area (Å²) < 4.78 is 5.76. The fraction of sp³-hybridized carbons (Fsp3) is 0.278. The highest BCUT2D eigenvalue weighted by atomic mass is 16.5. The molecule has 2 aromatic rings. The number of rotatable bonds is 6. The Labute approximate surface area is 126 Å². The number of amides is 1. The fourth-order valence-corrected chi connectivity index (χ4v) is 2.15. The van der Waals surface area contributed by atoms with Crippen molar-refractivity contribution in [1.82, 2.24) is 0 Å². The molecule has 21 heavy (non-hydrogen) atoms. The standard InChI is InChI=1S/C18H21NO2/c1-3-14-10-8-9-13-16(14)19-18(20)17(4-2)21-15-11-6-5-7-12-15/h5-13,17H,3-4H2,1-2H3,(H,19,20). The minimum absolute atomic E-state index is 0.109. The molecule has 0 aliphatic heterocycles. The second-order valence-corrected chi connectivity index (χ2v) is 4.83. The van der Waals surface area contributed by atoms with Crippen LogP contribution in [-0.2, 0) is 11.2 Å². The van der Waals surface area contributed by atoms with Gasteiger partial charge in [0.2, 0.25) is 0 Å². The van der Waals surface area contributed by atoms with E-state index < -0.39 is 6.10 Å². The van der Waals surface area contributed by atoms with E-state index in [1.807, 2.05) is 61.5 Å². The first-order valence-corrected chi connectivity index (χ1v) is 7.35. The SMILES string of the molecule is CCc1ccccc1NC(=O)C(CC)Oc1ccccc1. The number of hydrogen-bond acceptors (Lipinski definition) is 2. The third kappa shape index (κ3) is 4.09. The van der Waals surface area contributed by atoms with Crippen molar-refractivity contribution in [3.05, 3.63) is 60.2 Å². The van der Waals surface area contributed by atoms with Crippen molar-refractivity contribution in [2.75, 3.05) is 5.32 Å². The topological polar surface area (TPSA) is 38.3 Å². The van der Waals surface area contributed by atoms with E-state index in [9.17, 15) is 4.79 Å². The lowest BCUT2D eigenvalue weighted by molar-refractivity contribution is -0.122. The highest BCUT2D eigenvalue weighted by Crippen LogP contribution is 2.18. The van der Waals surface area contributed by atoms with Crippen LogP contribution in [0.3, 0.4) is 0 Å². The lowest BCUT2D eigenvalue weighted by Gasteiger charge is -2.18. The maximum absolute atomic E-state index is 12.4. The summed E-state index contributed by atoms with van der Waals surface area (Å²) in [6.45, 7) is 4.02. The van der Waals surface area contributed by atoms with Gasteiger partial charge in [0.15, 0.2) is 6.10 Å². The van der Waals surface area contributed by atoms with Gasteiger partial charge in [-0.3, -0.25) is 4.79 Å².